The molecule has 4 nitrogen and oxygen atoms in total. The number of amides is 2. The summed E-state index contributed by atoms with van der Waals surface area (Å²) in [4.78, 5) is 28.1. The highest BCUT2D eigenvalue weighted by Gasteiger charge is 2.25. The first-order chi connectivity index (χ1) is 13.9. The highest BCUT2D eigenvalue weighted by molar-refractivity contribution is 7.99. The number of hydrogen-bond donors (Lipinski definition) is 1. The lowest BCUT2D eigenvalue weighted by Gasteiger charge is -2.30. The van der Waals surface area contributed by atoms with E-state index in [2.05, 4.69) is 31.3 Å². The van der Waals surface area contributed by atoms with Crippen LogP contribution in [0.1, 0.15) is 45.6 Å². The Morgan fingerprint density at radius 1 is 1.07 bits per heavy atom. The third kappa shape index (κ3) is 5.63. The third-order valence-corrected chi connectivity index (χ3v) is 6.42. The normalized spacial score (nSPS) is 14.8. The molecule has 0 bridgehead atoms. The van der Waals surface area contributed by atoms with Crippen LogP contribution in [0.2, 0.25) is 0 Å². The van der Waals surface area contributed by atoms with Gasteiger partial charge in [-0.2, -0.15) is 0 Å². The van der Waals surface area contributed by atoms with Gasteiger partial charge in [0, 0.05) is 36.1 Å². The molecule has 1 heterocycles. The molecule has 0 aliphatic carbocycles. The van der Waals surface area contributed by atoms with Gasteiger partial charge in [0.25, 0.3) is 0 Å². The summed E-state index contributed by atoms with van der Waals surface area (Å²) in [6.45, 7) is 7.12. The van der Waals surface area contributed by atoms with Gasteiger partial charge in [-0.15, -0.1) is 11.8 Å². The fraction of sp³-hybridized carbons (Fsp3) is 0.417. The number of nitrogens with one attached hydrogen (secondary N) is 1. The first-order valence-electron chi connectivity index (χ1n) is 10.2. The minimum atomic E-state index is -0.0608. The monoisotopic (exact) mass is 410 g/mol. The number of nitrogens with zero attached hydrogens (tertiary/aromatic N) is 1. The van der Waals surface area contributed by atoms with Crippen LogP contribution >= 0.6 is 11.8 Å². The maximum absolute atomic E-state index is 12.7. The van der Waals surface area contributed by atoms with Gasteiger partial charge >= 0.3 is 0 Å². The molecular formula is C24H30N2O2S. The summed E-state index contributed by atoms with van der Waals surface area (Å²) in [5.41, 5.74) is 2.20. The summed E-state index contributed by atoms with van der Waals surface area (Å²) < 4.78 is 0. The second-order valence-electron chi connectivity index (χ2n) is 8.28. The number of thioether (sulfide) groups is 1. The van der Waals surface area contributed by atoms with Gasteiger partial charge < -0.3 is 10.2 Å². The van der Waals surface area contributed by atoms with Crippen molar-refractivity contribution in [2.45, 2.75) is 56.4 Å². The van der Waals surface area contributed by atoms with E-state index in [0.717, 1.165) is 22.8 Å². The number of rotatable bonds is 7. The predicted molar refractivity (Wildman–Crippen MR) is 120 cm³/mol. The van der Waals surface area contributed by atoms with Crippen molar-refractivity contribution in [3.8, 4) is 0 Å². The first kappa shape index (κ1) is 21.4. The third-order valence-electron chi connectivity index (χ3n) is 5.37. The molecule has 3 rings (SSSR count). The quantitative estimate of drug-likeness (QED) is 0.715. The summed E-state index contributed by atoms with van der Waals surface area (Å²) in [6, 6.07) is 18.4. The lowest BCUT2D eigenvalue weighted by Crippen LogP contribution is -2.39. The van der Waals surface area contributed by atoms with Gasteiger partial charge in [-0.3, -0.25) is 9.59 Å². The van der Waals surface area contributed by atoms with Gasteiger partial charge in [-0.05, 0) is 36.5 Å². The van der Waals surface area contributed by atoms with Crippen molar-refractivity contribution in [1.82, 2.24) is 5.32 Å². The predicted octanol–water partition coefficient (Wildman–Crippen LogP) is 4.78. The Bertz CT molecular complexity index is 851. The van der Waals surface area contributed by atoms with E-state index in [1.165, 1.54) is 5.56 Å². The van der Waals surface area contributed by atoms with Crippen molar-refractivity contribution in [3.05, 3.63) is 60.2 Å². The van der Waals surface area contributed by atoms with Crippen molar-refractivity contribution in [2.75, 3.05) is 17.2 Å². The molecule has 5 heteroatoms. The van der Waals surface area contributed by atoms with Crippen LogP contribution in [0.25, 0.3) is 0 Å². The molecule has 1 atom stereocenters. The Balaban J connectivity index is 1.49. The molecule has 2 amide bonds. The standard InChI is InChI=1S/C24H30N2O2S/c1-18(17-24(2,3)19-9-5-4-6-10-19)25-22(27)13-14-23(28)26-15-16-29-21-12-8-7-11-20(21)26/h4-12,18H,13-17H2,1-3H3,(H,25,27). The van der Waals surface area contributed by atoms with Crippen molar-refractivity contribution in [3.63, 3.8) is 0 Å². The van der Waals surface area contributed by atoms with Gasteiger partial charge in [-0.1, -0.05) is 56.3 Å². The second kappa shape index (κ2) is 9.49. The highest BCUT2D eigenvalue weighted by atomic mass is 32.2. The first-order valence-corrected chi connectivity index (χ1v) is 11.2. The molecule has 0 spiro atoms. The van der Waals surface area contributed by atoms with Crippen LogP contribution in [-0.2, 0) is 15.0 Å². The van der Waals surface area contributed by atoms with E-state index in [-0.39, 0.29) is 36.1 Å². The van der Waals surface area contributed by atoms with Crippen molar-refractivity contribution in [1.29, 1.82) is 0 Å². The van der Waals surface area contributed by atoms with E-state index >= 15 is 0 Å². The van der Waals surface area contributed by atoms with E-state index in [1.54, 1.807) is 11.8 Å². The summed E-state index contributed by atoms with van der Waals surface area (Å²) in [5, 5.41) is 3.07. The van der Waals surface area contributed by atoms with Gasteiger partial charge in [0.1, 0.15) is 0 Å². The zero-order valence-electron chi connectivity index (χ0n) is 17.5. The Hall–Kier alpha value is -2.27. The Morgan fingerprint density at radius 3 is 2.52 bits per heavy atom. The molecule has 1 aliphatic rings. The Morgan fingerprint density at radius 2 is 1.76 bits per heavy atom. The molecular weight excluding hydrogens is 380 g/mol. The van der Waals surface area contributed by atoms with Crippen LogP contribution in [0, 0.1) is 0 Å². The molecule has 0 radical (unpaired) electrons. The van der Waals surface area contributed by atoms with Crippen molar-refractivity contribution < 1.29 is 9.59 Å². The number of fused-ring (bicyclic) bond motifs is 1. The minimum absolute atomic E-state index is 0.0187. The molecule has 154 valence electrons. The molecule has 2 aromatic rings. The Labute approximate surface area is 178 Å². The van der Waals surface area contributed by atoms with E-state index < -0.39 is 0 Å². The molecule has 1 aliphatic heterocycles. The van der Waals surface area contributed by atoms with Crippen LogP contribution in [0.5, 0.6) is 0 Å². The van der Waals surface area contributed by atoms with Crippen LogP contribution in [0.15, 0.2) is 59.5 Å². The minimum Gasteiger partial charge on any atom is -0.354 e. The number of hydrogen-bond acceptors (Lipinski definition) is 3. The van der Waals surface area contributed by atoms with Gasteiger partial charge in [0.2, 0.25) is 11.8 Å². The number of benzene rings is 2. The maximum atomic E-state index is 12.7. The average molecular weight is 411 g/mol. The topological polar surface area (TPSA) is 49.4 Å². The fourth-order valence-electron chi connectivity index (χ4n) is 3.95. The van der Waals surface area contributed by atoms with Gasteiger partial charge in [-0.25, -0.2) is 0 Å². The number of para-hydroxylation sites is 1. The van der Waals surface area contributed by atoms with E-state index in [1.807, 2.05) is 54.3 Å². The molecule has 1 unspecified atom stereocenters. The average Bonchev–Trinajstić information content (AvgIpc) is 2.71. The van der Waals surface area contributed by atoms with E-state index in [0.29, 0.717) is 6.54 Å². The van der Waals surface area contributed by atoms with Crippen LogP contribution < -0.4 is 10.2 Å². The molecule has 2 aromatic carbocycles. The molecule has 0 saturated heterocycles. The van der Waals surface area contributed by atoms with Gasteiger partial charge in [0.15, 0.2) is 0 Å². The number of carbonyl (C=O) groups is 2. The zero-order chi connectivity index (χ0) is 20.9. The summed E-state index contributed by atoms with van der Waals surface area (Å²) in [5.74, 6) is 0.847. The SMILES string of the molecule is CC(CC(C)(C)c1ccccc1)NC(=O)CCC(=O)N1CCSc2ccccc21. The lowest BCUT2D eigenvalue weighted by atomic mass is 9.79. The van der Waals surface area contributed by atoms with E-state index in [9.17, 15) is 9.59 Å². The zero-order valence-corrected chi connectivity index (χ0v) is 18.3. The lowest BCUT2D eigenvalue weighted by molar-refractivity contribution is -0.125. The number of anilines is 1. The fourth-order valence-corrected chi connectivity index (χ4v) is 4.95. The van der Waals surface area contributed by atoms with E-state index in [4.69, 9.17) is 0 Å². The van der Waals surface area contributed by atoms with Crippen molar-refractivity contribution in [2.24, 2.45) is 0 Å². The van der Waals surface area contributed by atoms with Gasteiger partial charge in [0.05, 0.1) is 5.69 Å². The van der Waals surface area contributed by atoms with Crippen molar-refractivity contribution >= 4 is 29.3 Å². The highest BCUT2D eigenvalue weighted by Crippen LogP contribution is 2.34. The van der Waals surface area contributed by atoms with Crippen LogP contribution in [-0.4, -0.2) is 30.2 Å². The summed E-state index contributed by atoms with van der Waals surface area (Å²) in [6.07, 6.45) is 1.30. The Kier molecular flexibility index (Phi) is 7.01. The largest absolute Gasteiger partial charge is 0.354 e. The molecule has 1 N–H and O–H groups in total. The molecule has 0 fully saturated rings. The molecule has 0 aromatic heterocycles. The molecule has 0 saturated carbocycles. The summed E-state index contributed by atoms with van der Waals surface area (Å²) >= 11 is 1.77. The van der Waals surface area contributed by atoms with Crippen LogP contribution in [0.4, 0.5) is 5.69 Å². The smallest absolute Gasteiger partial charge is 0.227 e. The second-order valence-corrected chi connectivity index (χ2v) is 9.42. The number of carbonyl (C=O) groups excluding carboxylic acids is 2. The maximum Gasteiger partial charge on any atom is 0.227 e. The molecule has 29 heavy (non-hydrogen) atoms. The summed E-state index contributed by atoms with van der Waals surface area (Å²) in [7, 11) is 0. The van der Waals surface area contributed by atoms with Crippen LogP contribution in [0.3, 0.4) is 0 Å².